The van der Waals surface area contributed by atoms with Gasteiger partial charge in [-0.15, -0.1) is 0 Å². The molecule has 0 aromatic heterocycles. The summed E-state index contributed by atoms with van der Waals surface area (Å²) in [4.78, 5) is 34.2. The van der Waals surface area contributed by atoms with Crippen molar-refractivity contribution >= 4 is 18.2 Å². The lowest BCUT2D eigenvalue weighted by Gasteiger charge is -2.58. The quantitative estimate of drug-likeness (QED) is 0.126. The monoisotopic (exact) mass is 460 g/mol. The Balaban J connectivity index is 1.48. The fourth-order valence-electron chi connectivity index (χ4n) is 5.81. The Morgan fingerprint density at radius 3 is 2.79 bits per heavy atom. The summed E-state index contributed by atoms with van der Waals surface area (Å²) >= 11 is 0. The van der Waals surface area contributed by atoms with Gasteiger partial charge in [0.2, 0.25) is 0 Å². The van der Waals surface area contributed by atoms with E-state index in [2.05, 4.69) is 19.9 Å². The van der Waals surface area contributed by atoms with Crippen molar-refractivity contribution in [2.24, 2.45) is 16.7 Å². The highest BCUT2D eigenvalue weighted by molar-refractivity contribution is 5.82. The predicted molar refractivity (Wildman–Crippen MR) is 122 cm³/mol. The molecule has 2 bridgehead atoms. The van der Waals surface area contributed by atoms with E-state index < -0.39 is 5.97 Å². The molecular weight excluding hydrogens is 424 g/mol. The van der Waals surface area contributed by atoms with Gasteiger partial charge in [-0.3, -0.25) is 9.59 Å². The third kappa shape index (κ3) is 5.46. The summed E-state index contributed by atoms with van der Waals surface area (Å²) in [6, 6.07) is 0. The zero-order valence-corrected chi connectivity index (χ0v) is 19.7. The first-order chi connectivity index (χ1) is 15.9. The number of allylic oxidation sites excluding steroid dienone is 4. The lowest BCUT2D eigenvalue weighted by atomic mass is 9.52. The van der Waals surface area contributed by atoms with Crippen LogP contribution in [0.5, 0.6) is 0 Å². The Labute approximate surface area is 195 Å². The first-order valence-electron chi connectivity index (χ1n) is 11.9. The molecule has 5 atom stereocenters. The molecule has 1 heterocycles. The standard InChI is InChI=1S/C26H36O7/c1-19-10-13-26(22(16-19)33-21-11-12-25(26,2)20(21)17-28)18-32-24(30)9-5-7-15-31-23(29)8-4-3-6-14-27/h3-4,6,8,14,16,20-22,28H,5,7,9-13,15,17-18H2,1-2H3/b6-3-,8-4+/t20?,21?,22?,25?,26-/m1/s1. The van der Waals surface area contributed by atoms with Gasteiger partial charge in [0.05, 0.1) is 18.8 Å². The summed E-state index contributed by atoms with van der Waals surface area (Å²) in [5.74, 6) is -0.682. The second-order valence-corrected chi connectivity index (χ2v) is 9.67. The third-order valence-corrected chi connectivity index (χ3v) is 7.86. The Kier molecular flexibility index (Phi) is 8.65. The lowest BCUT2D eigenvalue weighted by molar-refractivity contribution is -0.217. The highest BCUT2D eigenvalue weighted by atomic mass is 16.5. The van der Waals surface area contributed by atoms with E-state index in [4.69, 9.17) is 14.2 Å². The Bertz CT molecular complexity index is 813. The number of aliphatic hydroxyl groups excluding tert-OH is 1. The molecule has 0 amide bonds. The molecule has 1 aliphatic heterocycles. The summed E-state index contributed by atoms with van der Waals surface area (Å²) in [7, 11) is 0. The van der Waals surface area contributed by atoms with Crippen molar-refractivity contribution in [3.05, 3.63) is 36.0 Å². The van der Waals surface area contributed by atoms with Gasteiger partial charge < -0.3 is 19.3 Å². The molecule has 0 spiro atoms. The van der Waals surface area contributed by atoms with E-state index in [9.17, 15) is 19.5 Å². The van der Waals surface area contributed by atoms with Crippen LogP contribution in [0.15, 0.2) is 36.0 Å². The summed E-state index contributed by atoms with van der Waals surface area (Å²) in [5.41, 5.74) is 0.856. The molecule has 2 fully saturated rings. The van der Waals surface area contributed by atoms with Crippen molar-refractivity contribution in [3.63, 3.8) is 0 Å². The number of carbonyl (C=O) groups is 3. The number of ether oxygens (including phenoxy) is 3. The van der Waals surface area contributed by atoms with Gasteiger partial charge in [-0.2, -0.15) is 0 Å². The maximum atomic E-state index is 12.5. The van der Waals surface area contributed by atoms with Gasteiger partial charge in [0.25, 0.3) is 0 Å². The summed E-state index contributed by atoms with van der Waals surface area (Å²) in [5, 5.41) is 10.1. The zero-order chi connectivity index (χ0) is 23.9. The van der Waals surface area contributed by atoms with Crippen molar-refractivity contribution < 1.29 is 33.7 Å². The van der Waals surface area contributed by atoms with Crippen molar-refractivity contribution in [1.82, 2.24) is 0 Å². The van der Waals surface area contributed by atoms with Gasteiger partial charge in [0.15, 0.2) is 0 Å². The summed E-state index contributed by atoms with van der Waals surface area (Å²) in [6.45, 7) is 4.96. The number of aliphatic hydroxyl groups is 1. The molecule has 7 heteroatoms. The maximum Gasteiger partial charge on any atom is 0.330 e. The second kappa shape index (κ2) is 11.3. The van der Waals surface area contributed by atoms with Crippen LogP contribution in [0, 0.1) is 16.7 Å². The molecule has 0 radical (unpaired) electrons. The molecule has 33 heavy (non-hydrogen) atoms. The summed E-state index contributed by atoms with van der Waals surface area (Å²) < 4.78 is 17.3. The number of carbonyl (C=O) groups excluding carboxylic acids is 3. The number of rotatable bonds is 11. The molecule has 1 saturated carbocycles. The predicted octanol–water partition coefficient (Wildman–Crippen LogP) is 3.46. The van der Waals surface area contributed by atoms with Crippen LogP contribution in [-0.4, -0.2) is 55.4 Å². The number of esters is 2. The van der Waals surface area contributed by atoms with Gasteiger partial charge in [0, 0.05) is 30.4 Å². The van der Waals surface area contributed by atoms with Crippen molar-refractivity contribution in [1.29, 1.82) is 0 Å². The van der Waals surface area contributed by atoms with Crippen molar-refractivity contribution in [2.45, 2.75) is 71.0 Å². The molecule has 3 aliphatic rings. The van der Waals surface area contributed by atoms with Crippen LogP contribution in [0.2, 0.25) is 0 Å². The molecule has 7 nitrogen and oxygen atoms in total. The van der Waals surface area contributed by atoms with Gasteiger partial charge in [-0.25, -0.2) is 4.79 Å². The van der Waals surface area contributed by atoms with Crippen LogP contribution in [0.25, 0.3) is 0 Å². The van der Waals surface area contributed by atoms with Gasteiger partial charge >= 0.3 is 11.9 Å². The van der Waals surface area contributed by atoms with E-state index >= 15 is 0 Å². The average Bonchev–Trinajstić information content (AvgIpc) is 3.06. The summed E-state index contributed by atoms with van der Waals surface area (Å²) in [6.07, 6.45) is 13.3. The number of unbranched alkanes of at least 4 members (excludes halogenated alkanes) is 1. The van der Waals surface area contributed by atoms with Crippen LogP contribution < -0.4 is 0 Å². The number of hydrogen-bond donors (Lipinski definition) is 1. The van der Waals surface area contributed by atoms with Gasteiger partial charge in [-0.1, -0.05) is 30.7 Å². The molecule has 1 saturated heterocycles. The van der Waals surface area contributed by atoms with Crippen LogP contribution in [0.4, 0.5) is 0 Å². The smallest absolute Gasteiger partial charge is 0.330 e. The number of hydrogen-bond acceptors (Lipinski definition) is 7. The normalized spacial score (nSPS) is 33.1. The largest absolute Gasteiger partial charge is 0.465 e. The van der Waals surface area contributed by atoms with E-state index in [1.807, 2.05) is 0 Å². The molecule has 0 aromatic carbocycles. The molecular formula is C26H36O7. The van der Waals surface area contributed by atoms with E-state index in [0.29, 0.717) is 25.7 Å². The fourth-order valence-corrected chi connectivity index (χ4v) is 5.81. The molecule has 182 valence electrons. The van der Waals surface area contributed by atoms with E-state index in [0.717, 1.165) is 25.7 Å². The van der Waals surface area contributed by atoms with Gasteiger partial charge in [0.1, 0.15) is 12.9 Å². The molecule has 1 N–H and O–H groups in total. The SMILES string of the molecule is CC1=CC2OC3CCC(C)(C3CO)[C@@]2(COC(=O)CCCCOC(=O)/C=C/C=C\C=O)CC1. The molecule has 2 aliphatic carbocycles. The number of aldehydes is 1. The fraction of sp³-hybridized carbons (Fsp3) is 0.654. The highest BCUT2D eigenvalue weighted by Gasteiger charge is 2.65. The van der Waals surface area contributed by atoms with Gasteiger partial charge in [-0.05, 0) is 56.9 Å². The third-order valence-electron chi connectivity index (χ3n) is 7.86. The van der Waals surface area contributed by atoms with E-state index in [1.54, 1.807) is 0 Å². The van der Waals surface area contributed by atoms with E-state index in [-0.39, 0.29) is 54.6 Å². The zero-order valence-electron chi connectivity index (χ0n) is 19.7. The Morgan fingerprint density at radius 2 is 2.03 bits per heavy atom. The molecule has 0 aromatic rings. The lowest BCUT2D eigenvalue weighted by Crippen LogP contribution is -2.61. The average molecular weight is 461 g/mol. The van der Waals surface area contributed by atoms with Crippen molar-refractivity contribution in [2.75, 3.05) is 19.8 Å². The van der Waals surface area contributed by atoms with Crippen LogP contribution in [0.3, 0.4) is 0 Å². The topological polar surface area (TPSA) is 99.1 Å². The van der Waals surface area contributed by atoms with Crippen LogP contribution >= 0.6 is 0 Å². The minimum atomic E-state index is -0.488. The molecule has 3 rings (SSSR count). The Morgan fingerprint density at radius 1 is 1.21 bits per heavy atom. The van der Waals surface area contributed by atoms with Crippen LogP contribution in [-0.2, 0) is 28.6 Å². The second-order valence-electron chi connectivity index (χ2n) is 9.67. The minimum Gasteiger partial charge on any atom is -0.465 e. The number of fused-ring (bicyclic) bond motifs is 4. The highest BCUT2D eigenvalue weighted by Crippen LogP contribution is 2.64. The first kappa shape index (κ1) is 25.4. The van der Waals surface area contributed by atoms with Crippen molar-refractivity contribution in [3.8, 4) is 0 Å². The first-order valence-corrected chi connectivity index (χ1v) is 11.9. The Hall–Kier alpha value is -2.25. The van der Waals surface area contributed by atoms with Crippen LogP contribution in [0.1, 0.15) is 58.8 Å². The minimum absolute atomic E-state index is 0.0644. The molecule has 4 unspecified atom stereocenters. The maximum absolute atomic E-state index is 12.5. The van der Waals surface area contributed by atoms with E-state index in [1.165, 1.54) is 29.9 Å².